The summed E-state index contributed by atoms with van der Waals surface area (Å²) >= 11 is 0. The van der Waals surface area contributed by atoms with Gasteiger partial charge >= 0.3 is 0 Å². The average Bonchev–Trinajstić information content (AvgIpc) is 2.35. The van der Waals surface area contributed by atoms with E-state index in [0.717, 1.165) is 18.5 Å². The molecule has 0 aliphatic rings. The maximum absolute atomic E-state index is 11.7. The molecule has 1 aromatic carbocycles. The van der Waals surface area contributed by atoms with Crippen molar-refractivity contribution in [3.05, 3.63) is 48.6 Å². The standard InChI is InChI=1S/C14H19NO/c1-4-11-15(14(16)5-2)12(3)13-9-7-6-8-10-13/h5-10,12H,2,4,11H2,1,3H3. The van der Waals surface area contributed by atoms with Crippen LogP contribution < -0.4 is 0 Å². The number of amides is 1. The van der Waals surface area contributed by atoms with Gasteiger partial charge in [0.1, 0.15) is 0 Å². The van der Waals surface area contributed by atoms with E-state index in [1.54, 1.807) is 0 Å². The minimum atomic E-state index is -0.00166. The van der Waals surface area contributed by atoms with Crippen LogP contribution in [-0.4, -0.2) is 17.4 Å². The molecule has 0 saturated heterocycles. The maximum atomic E-state index is 11.7. The van der Waals surface area contributed by atoms with Gasteiger partial charge in [0.05, 0.1) is 6.04 Å². The lowest BCUT2D eigenvalue weighted by Gasteiger charge is -2.28. The Balaban J connectivity index is 2.86. The normalized spacial score (nSPS) is 11.9. The number of benzene rings is 1. The molecule has 0 aliphatic carbocycles. The van der Waals surface area contributed by atoms with Gasteiger partial charge in [-0.3, -0.25) is 4.79 Å². The first-order chi connectivity index (χ1) is 7.70. The van der Waals surface area contributed by atoms with E-state index >= 15 is 0 Å². The lowest BCUT2D eigenvalue weighted by molar-refractivity contribution is -0.128. The van der Waals surface area contributed by atoms with Crippen LogP contribution in [0.5, 0.6) is 0 Å². The highest BCUT2D eigenvalue weighted by molar-refractivity contribution is 5.87. The smallest absolute Gasteiger partial charge is 0.246 e. The van der Waals surface area contributed by atoms with Crippen molar-refractivity contribution in [2.45, 2.75) is 26.3 Å². The van der Waals surface area contributed by atoms with Gasteiger partial charge in [0.2, 0.25) is 5.91 Å². The highest BCUT2D eigenvalue weighted by atomic mass is 16.2. The van der Waals surface area contributed by atoms with Crippen molar-refractivity contribution in [1.29, 1.82) is 0 Å². The van der Waals surface area contributed by atoms with Gasteiger partial charge < -0.3 is 4.90 Å². The van der Waals surface area contributed by atoms with Crippen LogP contribution in [0.3, 0.4) is 0 Å². The molecule has 0 spiro atoms. The van der Waals surface area contributed by atoms with Crippen LogP contribution in [0.1, 0.15) is 31.9 Å². The van der Waals surface area contributed by atoms with E-state index < -0.39 is 0 Å². The summed E-state index contributed by atoms with van der Waals surface area (Å²) in [6, 6.07) is 10.2. The Morgan fingerprint density at radius 2 is 2.06 bits per heavy atom. The van der Waals surface area contributed by atoms with E-state index in [9.17, 15) is 4.79 Å². The second kappa shape index (κ2) is 6.11. The van der Waals surface area contributed by atoms with Gasteiger partial charge in [-0.15, -0.1) is 0 Å². The third kappa shape index (κ3) is 2.96. The molecular weight excluding hydrogens is 198 g/mol. The molecule has 1 rings (SSSR count). The van der Waals surface area contributed by atoms with Crippen molar-refractivity contribution >= 4 is 5.91 Å². The molecule has 0 fully saturated rings. The van der Waals surface area contributed by atoms with E-state index in [0.29, 0.717) is 0 Å². The molecule has 0 radical (unpaired) electrons. The third-order valence-corrected chi connectivity index (χ3v) is 2.67. The van der Waals surface area contributed by atoms with Crippen molar-refractivity contribution in [2.24, 2.45) is 0 Å². The van der Waals surface area contributed by atoms with Gasteiger partial charge in [0, 0.05) is 6.54 Å². The van der Waals surface area contributed by atoms with Gasteiger partial charge in [0.15, 0.2) is 0 Å². The largest absolute Gasteiger partial charge is 0.332 e. The zero-order valence-electron chi connectivity index (χ0n) is 10.0. The molecule has 16 heavy (non-hydrogen) atoms. The first-order valence-corrected chi connectivity index (χ1v) is 5.68. The first kappa shape index (κ1) is 12.5. The predicted molar refractivity (Wildman–Crippen MR) is 67.1 cm³/mol. The minimum absolute atomic E-state index is 0.00166. The average molecular weight is 217 g/mol. The number of rotatable bonds is 5. The second-order valence-electron chi connectivity index (χ2n) is 3.82. The molecule has 86 valence electrons. The van der Waals surface area contributed by atoms with Gasteiger partial charge in [0.25, 0.3) is 0 Å². The predicted octanol–water partition coefficient (Wildman–Crippen LogP) is 3.17. The molecule has 0 aliphatic heterocycles. The van der Waals surface area contributed by atoms with Crippen LogP contribution in [0.15, 0.2) is 43.0 Å². The summed E-state index contributed by atoms with van der Waals surface area (Å²) in [6.07, 6.45) is 2.34. The summed E-state index contributed by atoms with van der Waals surface area (Å²) in [7, 11) is 0. The number of carbonyl (C=O) groups excluding carboxylic acids is 1. The molecular formula is C14H19NO. The Kier molecular flexibility index (Phi) is 4.77. The Labute approximate surface area is 97.6 Å². The summed E-state index contributed by atoms with van der Waals surface area (Å²) < 4.78 is 0. The molecule has 0 aromatic heterocycles. The van der Waals surface area contributed by atoms with Crippen LogP contribution in [0.2, 0.25) is 0 Å². The summed E-state index contributed by atoms with van der Waals surface area (Å²) in [5.74, 6) is -0.00166. The molecule has 0 N–H and O–H groups in total. The molecule has 2 heteroatoms. The van der Waals surface area contributed by atoms with Crippen molar-refractivity contribution in [1.82, 2.24) is 4.90 Å². The van der Waals surface area contributed by atoms with Crippen LogP contribution >= 0.6 is 0 Å². The molecule has 0 saturated carbocycles. The summed E-state index contributed by atoms with van der Waals surface area (Å²) in [4.78, 5) is 13.6. The molecule has 1 unspecified atom stereocenters. The minimum Gasteiger partial charge on any atom is -0.332 e. The fourth-order valence-electron chi connectivity index (χ4n) is 1.76. The maximum Gasteiger partial charge on any atom is 0.246 e. The quantitative estimate of drug-likeness (QED) is 0.694. The van der Waals surface area contributed by atoms with Crippen LogP contribution in [0.25, 0.3) is 0 Å². The SMILES string of the molecule is C=CC(=O)N(CCC)C(C)c1ccccc1. The third-order valence-electron chi connectivity index (χ3n) is 2.67. The number of hydrogen-bond donors (Lipinski definition) is 0. The van der Waals surface area contributed by atoms with E-state index in [4.69, 9.17) is 0 Å². The summed E-state index contributed by atoms with van der Waals surface area (Å²) in [5.41, 5.74) is 1.16. The van der Waals surface area contributed by atoms with Gasteiger partial charge in [-0.2, -0.15) is 0 Å². The monoisotopic (exact) mass is 217 g/mol. The van der Waals surface area contributed by atoms with Crippen LogP contribution in [0, 0.1) is 0 Å². The zero-order valence-corrected chi connectivity index (χ0v) is 10.0. The fraction of sp³-hybridized carbons (Fsp3) is 0.357. The Morgan fingerprint density at radius 3 is 2.56 bits per heavy atom. The van der Waals surface area contributed by atoms with E-state index in [1.165, 1.54) is 6.08 Å². The van der Waals surface area contributed by atoms with Gasteiger partial charge in [-0.25, -0.2) is 0 Å². The molecule has 0 bridgehead atoms. The van der Waals surface area contributed by atoms with Crippen molar-refractivity contribution in [2.75, 3.05) is 6.54 Å². The second-order valence-corrected chi connectivity index (χ2v) is 3.82. The molecule has 2 nitrogen and oxygen atoms in total. The van der Waals surface area contributed by atoms with Crippen molar-refractivity contribution in [3.8, 4) is 0 Å². The van der Waals surface area contributed by atoms with Gasteiger partial charge in [-0.05, 0) is 25.0 Å². The van der Waals surface area contributed by atoms with Crippen LogP contribution in [0.4, 0.5) is 0 Å². The van der Waals surface area contributed by atoms with E-state index in [2.05, 4.69) is 13.5 Å². The number of carbonyl (C=O) groups is 1. The van der Waals surface area contributed by atoms with Crippen molar-refractivity contribution in [3.63, 3.8) is 0 Å². The number of nitrogens with zero attached hydrogens (tertiary/aromatic N) is 1. The molecule has 1 amide bonds. The molecule has 1 aromatic rings. The lowest BCUT2D eigenvalue weighted by Crippen LogP contribution is -2.32. The lowest BCUT2D eigenvalue weighted by atomic mass is 10.1. The fourth-order valence-corrected chi connectivity index (χ4v) is 1.76. The van der Waals surface area contributed by atoms with E-state index in [1.807, 2.05) is 42.2 Å². The highest BCUT2D eigenvalue weighted by Crippen LogP contribution is 2.20. The van der Waals surface area contributed by atoms with Gasteiger partial charge in [-0.1, -0.05) is 43.8 Å². The van der Waals surface area contributed by atoms with Crippen LogP contribution in [-0.2, 0) is 4.79 Å². The summed E-state index contributed by atoms with van der Waals surface area (Å²) in [5, 5.41) is 0. The van der Waals surface area contributed by atoms with Crippen molar-refractivity contribution < 1.29 is 4.79 Å². The Morgan fingerprint density at radius 1 is 1.44 bits per heavy atom. The highest BCUT2D eigenvalue weighted by Gasteiger charge is 2.17. The van der Waals surface area contributed by atoms with E-state index in [-0.39, 0.29) is 11.9 Å². The first-order valence-electron chi connectivity index (χ1n) is 5.68. The Hall–Kier alpha value is -1.57. The molecule has 1 atom stereocenters. The number of hydrogen-bond acceptors (Lipinski definition) is 1. The topological polar surface area (TPSA) is 20.3 Å². The Bertz CT molecular complexity index is 345. The summed E-state index contributed by atoms with van der Waals surface area (Å²) in [6.45, 7) is 8.43. The molecule has 0 heterocycles. The zero-order chi connectivity index (χ0) is 12.0.